The summed E-state index contributed by atoms with van der Waals surface area (Å²) < 4.78 is 5.57. The Morgan fingerprint density at radius 1 is 1.12 bits per heavy atom. The number of rotatable bonds is 6. The number of aryl methyl sites for hydroxylation is 2. The summed E-state index contributed by atoms with van der Waals surface area (Å²) in [5.41, 5.74) is 3.74. The molecule has 0 bridgehead atoms. The van der Waals surface area contributed by atoms with Crippen LogP contribution in [0.4, 0.5) is 0 Å². The highest BCUT2D eigenvalue weighted by Crippen LogP contribution is 2.26. The van der Waals surface area contributed by atoms with Crippen LogP contribution in [0.3, 0.4) is 0 Å². The number of oxazole rings is 1. The summed E-state index contributed by atoms with van der Waals surface area (Å²) in [5, 5.41) is 6.54. The van der Waals surface area contributed by atoms with Gasteiger partial charge in [-0.15, -0.1) is 0 Å². The molecule has 25 heavy (non-hydrogen) atoms. The number of nitrogens with one attached hydrogen (secondary N) is 2. The fraction of sp³-hybridized carbons (Fsp3) is 0.500. The number of hydrogen-bond acceptors (Lipinski definition) is 3. The van der Waals surface area contributed by atoms with Gasteiger partial charge in [0, 0.05) is 13.6 Å². The zero-order chi connectivity index (χ0) is 18.4. The van der Waals surface area contributed by atoms with Gasteiger partial charge >= 0.3 is 0 Å². The average Bonchev–Trinajstić information content (AvgIpc) is 2.93. The van der Waals surface area contributed by atoms with E-state index in [-0.39, 0.29) is 5.41 Å². The highest BCUT2D eigenvalue weighted by Gasteiger charge is 2.17. The second-order valence-corrected chi connectivity index (χ2v) is 6.96. The van der Waals surface area contributed by atoms with Crippen molar-refractivity contribution in [2.75, 3.05) is 7.05 Å². The zero-order valence-electron chi connectivity index (χ0n) is 16.2. The van der Waals surface area contributed by atoms with Crippen LogP contribution in [0.5, 0.6) is 0 Å². The largest absolute Gasteiger partial charge is 0.444 e. The predicted octanol–water partition coefficient (Wildman–Crippen LogP) is 3.84. The standard InChI is InChI=1S/C20H30N4O/c1-7-20(4,5)17-10-8-16(9-11-17)12-22-19(21-6)23-13-18-24-14(2)15(3)25-18/h8-11H,7,12-13H2,1-6H3,(H2,21,22,23). The van der Waals surface area contributed by atoms with Crippen molar-refractivity contribution in [3.05, 3.63) is 52.7 Å². The third kappa shape index (κ3) is 5.08. The van der Waals surface area contributed by atoms with Crippen LogP contribution in [-0.4, -0.2) is 18.0 Å². The van der Waals surface area contributed by atoms with Crippen LogP contribution in [0.15, 0.2) is 33.7 Å². The summed E-state index contributed by atoms with van der Waals surface area (Å²) in [6.07, 6.45) is 1.13. The first-order chi connectivity index (χ1) is 11.9. The van der Waals surface area contributed by atoms with E-state index in [4.69, 9.17) is 4.42 Å². The monoisotopic (exact) mass is 342 g/mol. The fourth-order valence-electron chi connectivity index (χ4n) is 2.46. The molecule has 2 rings (SSSR count). The Hall–Kier alpha value is -2.30. The average molecular weight is 342 g/mol. The molecule has 5 nitrogen and oxygen atoms in total. The van der Waals surface area contributed by atoms with Gasteiger partial charge in [0.25, 0.3) is 0 Å². The molecule has 1 heterocycles. The van der Waals surface area contributed by atoms with Gasteiger partial charge in [-0.05, 0) is 36.8 Å². The molecule has 0 unspecified atom stereocenters. The van der Waals surface area contributed by atoms with Crippen LogP contribution in [0.25, 0.3) is 0 Å². The quantitative estimate of drug-likeness (QED) is 0.618. The minimum atomic E-state index is 0.218. The Balaban J connectivity index is 1.88. The number of hydrogen-bond donors (Lipinski definition) is 2. The van der Waals surface area contributed by atoms with Crippen molar-refractivity contribution in [2.24, 2.45) is 4.99 Å². The van der Waals surface area contributed by atoms with Gasteiger partial charge in [-0.2, -0.15) is 0 Å². The predicted molar refractivity (Wildman–Crippen MR) is 103 cm³/mol. The lowest BCUT2D eigenvalue weighted by molar-refractivity contribution is 0.463. The molecular weight excluding hydrogens is 312 g/mol. The van der Waals surface area contributed by atoms with E-state index < -0.39 is 0 Å². The molecule has 1 aromatic heterocycles. The Labute approximate surface area is 151 Å². The molecule has 0 aliphatic heterocycles. The molecule has 0 amide bonds. The van der Waals surface area contributed by atoms with E-state index in [1.54, 1.807) is 7.05 Å². The summed E-state index contributed by atoms with van der Waals surface area (Å²) >= 11 is 0. The van der Waals surface area contributed by atoms with Crippen molar-refractivity contribution >= 4 is 5.96 Å². The first-order valence-corrected chi connectivity index (χ1v) is 8.82. The number of aromatic nitrogens is 1. The highest BCUT2D eigenvalue weighted by atomic mass is 16.4. The summed E-state index contributed by atoms with van der Waals surface area (Å²) in [7, 11) is 1.76. The summed E-state index contributed by atoms with van der Waals surface area (Å²) in [6, 6.07) is 8.78. The number of guanidine groups is 1. The van der Waals surface area contributed by atoms with Crippen molar-refractivity contribution < 1.29 is 4.42 Å². The molecule has 2 N–H and O–H groups in total. The van der Waals surface area contributed by atoms with Crippen molar-refractivity contribution in [3.8, 4) is 0 Å². The van der Waals surface area contributed by atoms with Crippen molar-refractivity contribution in [2.45, 2.75) is 59.5 Å². The third-order valence-corrected chi connectivity index (χ3v) is 4.78. The van der Waals surface area contributed by atoms with Crippen molar-refractivity contribution in [3.63, 3.8) is 0 Å². The number of aliphatic imine (C=N–C) groups is 1. The van der Waals surface area contributed by atoms with Crippen LogP contribution in [0.1, 0.15) is 55.7 Å². The topological polar surface area (TPSA) is 62.5 Å². The molecule has 2 aromatic rings. The van der Waals surface area contributed by atoms with Crippen molar-refractivity contribution in [1.29, 1.82) is 0 Å². The normalized spacial score (nSPS) is 12.3. The summed E-state index contributed by atoms with van der Waals surface area (Å²) in [4.78, 5) is 8.61. The molecule has 0 atom stereocenters. The van der Waals surface area contributed by atoms with Gasteiger partial charge in [0.05, 0.1) is 12.2 Å². The summed E-state index contributed by atoms with van der Waals surface area (Å²) in [6.45, 7) is 11.9. The van der Waals surface area contributed by atoms with Crippen LogP contribution < -0.4 is 10.6 Å². The Kier molecular flexibility index (Phi) is 6.23. The van der Waals surface area contributed by atoms with E-state index in [1.807, 2.05) is 13.8 Å². The SMILES string of the molecule is CCC(C)(C)c1ccc(CNC(=NC)NCc2nc(C)c(C)o2)cc1. The van der Waals surface area contributed by atoms with E-state index >= 15 is 0 Å². The van der Waals surface area contributed by atoms with Gasteiger partial charge in [0.1, 0.15) is 5.76 Å². The van der Waals surface area contributed by atoms with Crippen molar-refractivity contribution in [1.82, 2.24) is 15.6 Å². The minimum Gasteiger partial charge on any atom is -0.444 e. The van der Waals surface area contributed by atoms with E-state index in [0.717, 1.165) is 30.4 Å². The third-order valence-electron chi connectivity index (χ3n) is 4.78. The maximum Gasteiger partial charge on any atom is 0.214 e. The molecule has 136 valence electrons. The van der Waals surface area contributed by atoms with Gasteiger partial charge in [-0.25, -0.2) is 4.98 Å². The van der Waals surface area contributed by atoms with Crippen LogP contribution >= 0.6 is 0 Å². The lowest BCUT2D eigenvalue weighted by Gasteiger charge is -2.23. The molecule has 0 radical (unpaired) electrons. The van der Waals surface area contributed by atoms with Gasteiger partial charge < -0.3 is 15.1 Å². The Morgan fingerprint density at radius 3 is 2.28 bits per heavy atom. The molecule has 0 fully saturated rings. The molecule has 0 saturated carbocycles. The van der Waals surface area contributed by atoms with E-state index in [1.165, 1.54) is 11.1 Å². The van der Waals surface area contributed by atoms with E-state index in [2.05, 4.69) is 65.6 Å². The second-order valence-electron chi connectivity index (χ2n) is 6.96. The number of nitrogens with zero attached hydrogens (tertiary/aromatic N) is 2. The van der Waals surface area contributed by atoms with E-state index in [9.17, 15) is 0 Å². The molecular formula is C20H30N4O. The maximum absolute atomic E-state index is 5.57. The van der Waals surface area contributed by atoms with Gasteiger partial charge in [0.15, 0.2) is 5.96 Å². The van der Waals surface area contributed by atoms with Crippen LogP contribution in [0.2, 0.25) is 0 Å². The van der Waals surface area contributed by atoms with Crippen LogP contribution in [0, 0.1) is 13.8 Å². The van der Waals surface area contributed by atoms with Gasteiger partial charge in [-0.3, -0.25) is 4.99 Å². The minimum absolute atomic E-state index is 0.218. The lowest BCUT2D eigenvalue weighted by atomic mass is 9.82. The number of benzene rings is 1. The smallest absolute Gasteiger partial charge is 0.214 e. The molecule has 0 aliphatic rings. The Bertz CT molecular complexity index is 694. The fourth-order valence-corrected chi connectivity index (χ4v) is 2.46. The molecule has 0 aliphatic carbocycles. The lowest BCUT2D eigenvalue weighted by Crippen LogP contribution is -2.36. The first-order valence-electron chi connectivity index (χ1n) is 8.82. The van der Waals surface area contributed by atoms with Gasteiger partial charge in [0.2, 0.25) is 5.89 Å². The summed E-state index contributed by atoms with van der Waals surface area (Å²) in [5.74, 6) is 2.26. The van der Waals surface area contributed by atoms with E-state index in [0.29, 0.717) is 12.4 Å². The maximum atomic E-state index is 5.57. The first kappa shape index (κ1) is 19.0. The molecule has 5 heteroatoms. The van der Waals surface area contributed by atoms with Crippen LogP contribution in [-0.2, 0) is 18.5 Å². The molecule has 0 saturated heterocycles. The molecule has 0 spiro atoms. The Morgan fingerprint density at radius 2 is 1.76 bits per heavy atom. The molecule has 1 aromatic carbocycles. The van der Waals surface area contributed by atoms with Gasteiger partial charge in [-0.1, -0.05) is 45.0 Å². The zero-order valence-corrected chi connectivity index (χ0v) is 16.2. The highest BCUT2D eigenvalue weighted by molar-refractivity contribution is 5.79. The second kappa shape index (κ2) is 8.19.